The summed E-state index contributed by atoms with van der Waals surface area (Å²) >= 11 is 5.86. The summed E-state index contributed by atoms with van der Waals surface area (Å²) in [6, 6.07) is 22.1. The van der Waals surface area contributed by atoms with Crippen LogP contribution in [-0.4, -0.2) is 54.6 Å². The van der Waals surface area contributed by atoms with Gasteiger partial charge in [-0.3, -0.25) is 4.90 Å². The van der Waals surface area contributed by atoms with E-state index in [9.17, 15) is 14.4 Å². The lowest BCUT2D eigenvalue weighted by molar-refractivity contribution is 0.0490. The highest BCUT2D eigenvalue weighted by molar-refractivity contribution is 6.31. The Labute approximate surface area is 229 Å². The highest BCUT2D eigenvalue weighted by Gasteiger charge is 2.30. The van der Waals surface area contributed by atoms with Gasteiger partial charge in [-0.1, -0.05) is 54.9 Å². The van der Waals surface area contributed by atoms with Crippen LogP contribution >= 0.6 is 11.6 Å². The maximum atomic E-state index is 13.5. The van der Waals surface area contributed by atoms with Crippen LogP contribution in [0, 0.1) is 17.1 Å². The smallest absolute Gasteiger partial charge is 0.319 e. The van der Waals surface area contributed by atoms with Crippen LogP contribution in [0.5, 0.6) is 0 Å². The van der Waals surface area contributed by atoms with Crippen molar-refractivity contribution >= 4 is 23.3 Å². The molecule has 3 aromatic carbocycles. The number of hydrogen-bond acceptors (Lipinski definition) is 4. The number of benzene rings is 3. The number of amides is 2. The first-order valence-corrected chi connectivity index (χ1v) is 13.3. The molecule has 2 amide bonds. The maximum Gasteiger partial charge on any atom is 0.319 e. The van der Waals surface area contributed by atoms with Crippen molar-refractivity contribution in [3.05, 3.63) is 88.7 Å². The van der Waals surface area contributed by atoms with Crippen molar-refractivity contribution in [3.63, 3.8) is 0 Å². The molecule has 8 heteroatoms. The van der Waals surface area contributed by atoms with Crippen molar-refractivity contribution < 1.29 is 9.18 Å². The molecule has 38 heavy (non-hydrogen) atoms. The Morgan fingerprint density at radius 2 is 1.92 bits per heavy atom. The molecule has 0 spiro atoms. The average Bonchev–Trinajstić information content (AvgIpc) is 2.92. The number of halogens is 2. The summed E-state index contributed by atoms with van der Waals surface area (Å²) in [6.45, 7) is 8.77. The van der Waals surface area contributed by atoms with Crippen LogP contribution in [0.3, 0.4) is 0 Å². The van der Waals surface area contributed by atoms with E-state index in [1.54, 1.807) is 6.07 Å². The highest BCUT2D eigenvalue weighted by atomic mass is 35.5. The van der Waals surface area contributed by atoms with Gasteiger partial charge in [0.1, 0.15) is 5.82 Å². The molecule has 1 aliphatic heterocycles. The molecule has 0 bridgehead atoms. The summed E-state index contributed by atoms with van der Waals surface area (Å²) < 4.78 is 13.5. The summed E-state index contributed by atoms with van der Waals surface area (Å²) in [4.78, 5) is 17.7. The fraction of sp³-hybridized carbons (Fsp3) is 0.333. The molecule has 0 radical (unpaired) electrons. The summed E-state index contributed by atoms with van der Waals surface area (Å²) in [5.41, 5.74) is 4.18. The number of urea groups is 1. The van der Waals surface area contributed by atoms with E-state index in [-0.39, 0.29) is 17.1 Å². The zero-order valence-electron chi connectivity index (χ0n) is 21.8. The van der Waals surface area contributed by atoms with Gasteiger partial charge in [0.05, 0.1) is 22.7 Å². The molecule has 1 aliphatic rings. The fourth-order valence-corrected chi connectivity index (χ4v) is 5.24. The minimum atomic E-state index is -0.531. The van der Waals surface area contributed by atoms with Crippen molar-refractivity contribution in [2.24, 2.45) is 0 Å². The zero-order chi connectivity index (χ0) is 27.1. The SMILES string of the molecule is CCCN1CCN(C(CNC(=O)Nc2ccc(F)c(Cl)c2)c2ccc(-c3cccc(C#N)c3)cc2)[C@@H](C)C1. The van der Waals surface area contributed by atoms with Gasteiger partial charge in [-0.2, -0.15) is 5.26 Å². The van der Waals surface area contributed by atoms with Crippen LogP contribution < -0.4 is 10.6 Å². The van der Waals surface area contributed by atoms with Crippen molar-refractivity contribution in [1.29, 1.82) is 5.26 Å². The second-order valence-corrected chi connectivity index (χ2v) is 10.1. The number of piperazine rings is 1. The number of nitrogens with one attached hydrogen (secondary N) is 2. The Balaban J connectivity index is 1.52. The van der Waals surface area contributed by atoms with Crippen molar-refractivity contribution in [3.8, 4) is 17.2 Å². The lowest BCUT2D eigenvalue weighted by atomic mass is 9.97. The summed E-state index contributed by atoms with van der Waals surface area (Å²) in [5, 5.41) is 14.9. The molecule has 1 fully saturated rings. The van der Waals surface area contributed by atoms with Gasteiger partial charge in [0, 0.05) is 37.9 Å². The molecular formula is C30H33ClFN5O. The van der Waals surface area contributed by atoms with E-state index in [4.69, 9.17) is 11.6 Å². The van der Waals surface area contributed by atoms with Crippen LogP contribution in [0.1, 0.15) is 37.4 Å². The topological polar surface area (TPSA) is 71.4 Å². The second-order valence-electron chi connectivity index (χ2n) is 9.68. The highest BCUT2D eigenvalue weighted by Crippen LogP contribution is 2.28. The van der Waals surface area contributed by atoms with Crippen molar-refractivity contribution in [2.45, 2.75) is 32.4 Å². The van der Waals surface area contributed by atoms with E-state index in [1.807, 2.05) is 18.2 Å². The van der Waals surface area contributed by atoms with Gasteiger partial charge in [-0.05, 0) is 66.9 Å². The quantitative estimate of drug-likeness (QED) is 0.356. The van der Waals surface area contributed by atoms with Crippen LogP contribution in [0.25, 0.3) is 11.1 Å². The Hall–Kier alpha value is -3.44. The standard InChI is InChI=1S/C30H33ClFN5O/c1-3-13-36-14-15-37(21(2)20-36)29(19-34-30(38)35-26-11-12-28(32)27(31)17-26)24-9-7-23(8-10-24)25-6-4-5-22(16-25)18-33/h4-12,16-17,21,29H,3,13-15,19-20H2,1-2H3,(H2,34,35,38)/t21-,29?/m0/s1. The summed E-state index contributed by atoms with van der Waals surface area (Å²) in [5.74, 6) is -0.531. The first-order valence-electron chi connectivity index (χ1n) is 13.0. The average molecular weight is 534 g/mol. The van der Waals surface area contributed by atoms with E-state index >= 15 is 0 Å². The van der Waals surface area contributed by atoms with Crippen molar-refractivity contribution in [1.82, 2.24) is 15.1 Å². The monoisotopic (exact) mass is 533 g/mol. The van der Waals surface area contributed by atoms with Crippen LogP contribution in [0.4, 0.5) is 14.9 Å². The summed E-state index contributed by atoms with van der Waals surface area (Å²) in [7, 11) is 0. The molecule has 0 aliphatic carbocycles. The van der Waals surface area contributed by atoms with Crippen LogP contribution in [-0.2, 0) is 0 Å². The van der Waals surface area contributed by atoms with Gasteiger partial charge in [0.25, 0.3) is 0 Å². The van der Waals surface area contributed by atoms with E-state index in [1.165, 1.54) is 18.2 Å². The molecular weight excluding hydrogens is 501 g/mol. The third kappa shape index (κ3) is 6.90. The van der Waals surface area contributed by atoms with Gasteiger partial charge < -0.3 is 15.5 Å². The van der Waals surface area contributed by atoms with E-state index in [2.05, 4.69) is 64.6 Å². The van der Waals surface area contributed by atoms with Crippen molar-refractivity contribution in [2.75, 3.05) is 38.0 Å². The van der Waals surface area contributed by atoms with Crippen LogP contribution in [0.15, 0.2) is 66.7 Å². The number of rotatable bonds is 8. The normalized spacial score (nSPS) is 17.0. The largest absolute Gasteiger partial charge is 0.336 e. The minimum absolute atomic E-state index is 0.0316. The molecule has 2 atom stereocenters. The molecule has 6 nitrogen and oxygen atoms in total. The molecule has 3 aromatic rings. The van der Waals surface area contributed by atoms with Gasteiger partial charge in [-0.25, -0.2) is 9.18 Å². The van der Waals surface area contributed by atoms with Gasteiger partial charge in [0.15, 0.2) is 0 Å². The summed E-state index contributed by atoms with van der Waals surface area (Å²) in [6.07, 6.45) is 1.12. The number of carbonyl (C=O) groups excluding carboxylic acids is 1. The molecule has 0 saturated carbocycles. The molecule has 0 aromatic heterocycles. The molecule has 1 saturated heterocycles. The first kappa shape index (κ1) is 27.6. The lowest BCUT2D eigenvalue weighted by Gasteiger charge is -2.44. The maximum absolute atomic E-state index is 13.5. The van der Waals surface area contributed by atoms with Crippen LogP contribution in [0.2, 0.25) is 5.02 Å². The molecule has 2 N–H and O–H groups in total. The number of nitriles is 1. The van der Waals surface area contributed by atoms with E-state index in [0.29, 0.717) is 23.8 Å². The Morgan fingerprint density at radius 1 is 1.13 bits per heavy atom. The first-order chi connectivity index (χ1) is 18.4. The van der Waals surface area contributed by atoms with Gasteiger partial charge in [-0.15, -0.1) is 0 Å². The van der Waals surface area contributed by atoms with Gasteiger partial charge in [0.2, 0.25) is 0 Å². The molecule has 198 valence electrons. The van der Waals surface area contributed by atoms with Gasteiger partial charge >= 0.3 is 6.03 Å². The third-order valence-corrected chi connectivity index (χ3v) is 7.25. The third-order valence-electron chi connectivity index (χ3n) is 6.96. The Bertz CT molecular complexity index is 1290. The minimum Gasteiger partial charge on any atom is -0.336 e. The number of carbonyl (C=O) groups is 1. The Morgan fingerprint density at radius 3 is 2.61 bits per heavy atom. The predicted octanol–water partition coefficient (Wildman–Crippen LogP) is 6.30. The predicted molar refractivity (Wildman–Crippen MR) is 151 cm³/mol. The fourth-order valence-electron chi connectivity index (χ4n) is 5.06. The molecule has 1 unspecified atom stereocenters. The van der Waals surface area contributed by atoms with E-state index < -0.39 is 5.82 Å². The zero-order valence-corrected chi connectivity index (χ0v) is 22.5. The number of anilines is 1. The second kappa shape index (κ2) is 12.9. The number of hydrogen-bond donors (Lipinski definition) is 2. The molecule has 4 rings (SSSR count). The van der Waals surface area contributed by atoms with E-state index in [0.717, 1.165) is 49.3 Å². The lowest BCUT2D eigenvalue weighted by Crippen LogP contribution is -2.54. The Kier molecular flexibility index (Phi) is 9.35. The number of nitrogens with zero attached hydrogens (tertiary/aromatic N) is 3. The molecule has 1 heterocycles.